The molecular formula is C21H34S. The molecule has 1 aromatic rings. The van der Waals surface area contributed by atoms with Crippen molar-refractivity contribution in [1.29, 1.82) is 0 Å². The SMILES string of the molecule is CCCC(C)(CC)Sc1ccc2c(c1)C(C)(C)CCC2(C)C. The van der Waals surface area contributed by atoms with Crippen LogP contribution in [0.15, 0.2) is 23.1 Å². The summed E-state index contributed by atoms with van der Waals surface area (Å²) in [4.78, 5) is 1.46. The van der Waals surface area contributed by atoms with E-state index in [-0.39, 0.29) is 0 Å². The Kier molecular flexibility index (Phi) is 5.07. The van der Waals surface area contributed by atoms with Gasteiger partial charge in [-0.05, 0) is 59.8 Å². The van der Waals surface area contributed by atoms with Gasteiger partial charge >= 0.3 is 0 Å². The molecular weight excluding hydrogens is 284 g/mol. The predicted molar refractivity (Wildman–Crippen MR) is 101 cm³/mol. The van der Waals surface area contributed by atoms with E-state index in [1.807, 2.05) is 0 Å². The minimum Gasteiger partial charge on any atom is -0.120 e. The predicted octanol–water partition coefficient (Wildman–Crippen LogP) is 7.10. The molecule has 124 valence electrons. The molecule has 1 atom stereocenters. The third-order valence-corrected chi connectivity index (χ3v) is 7.19. The molecule has 0 N–H and O–H groups in total. The van der Waals surface area contributed by atoms with Crippen LogP contribution in [0.3, 0.4) is 0 Å². The second-order valence-electron chi connectivity index (χ2n) is 8.63. The highest BCUT2D eigenvalue weighted by Crippen LogP contribution is 2.48. The first kappa shape index (κ1) is 17.9. The van der Waals surface area contributed by atoms with Gasteiger partial charge in [0.05, 0.1) is 0 Å². The number of benzene rings is 1. The highest BCUT2D eigenvalue weighted by atomic mass is 32.2. The Labute approximate surface area is 142 Å². The van der Waals surface area contributed by atoms with Gasteiger partial charge < -0.3 is 0 Å². The monoisotopic (exact) mass is 318 g/mol. The molecule has 0 radical (unpaired) electrons. The lowest BCUT2D eigenvalue weighted by atomic mass is 9.63. The molecule has 0 aromatic heterocycles. The average molecular weight is 319 g/mol. The fourth-order valence-corrected chi connectivity index (χ4v) is 5.08. The van der Waals surface area contributed by atoms with Crippen LogP contribution in [-0.4, -0.2) is 4.75 Å². The molecule has 1 heteroatoms. The molecule has 0 heterocycles. The van der Waals surface area contributed by atoms with Gasteiger partial charge in [-0.2, -0.15) is 0 Å². The van der Waals surface area contributed by atoms with Gasteiger partial charge in [0.2, 0.25) is 0 Å². The molecule has 22 heavy (non-hydrogen) atoms. The van der Waals surface area contributed by atoms with Gasteiger partial charge in [0, 0.05) is 9.64 Å². The Morgan fingerprint density at radius 3 is 2.14 bits per heavy atom. The average Bonchev–Trinajstić information content (AvgIpc) is 2.44. The highest BCUT2D eigenvalue weighted by Gasteiger charge is 2.37. The summed E-state index contributed by atoms with van der Waals surface area (Å²) >= 11 is 2.09. The van der Waals surface area contributed by atoms with Crippen molar-refractivity contribution in [2.24, 2.45) is 0 Å². The van der Waals surface area contributed by atoms with Crippen molar-refractivity contribution in [2.75, 3.05) is 0 Å². The van der Waals surface area contributed by atoms with Crippen molar-refractivity contribution < 1.29 is 0 Å². The second-order valence-corrected chi connectivity index (χ2v) is 10.3. The minimum absolute atomic E-state index is 0.314. The highest BCUT2D eigenvalue weighted by molar-refractivity contribution is 8.00. The minimum atomic E-state index is 0.314. The largest absolute Gasteiger partial charge is 0.120 e. The van der Waals surface area contributed by atoms with E-state index in [9.17, 15) is 0 Å². The van der Waals surface area contributed by atoms with Crippen LogP contribution in [0.4, 0.5) is 0 Å². The molecule has 0 nitrogen and oxygen atoms in total. The summed E-state index contributed by atoms with van der Waals surface area (Å²) in [5.41, 5.74) is 3.80. The first-order valence-electron chi connectivity index (χ1n) is 8.97. The first-order chi connectivity index (χ1) is 10.1. The molecule has 1 aromatic carbocycles. The van der Waals surface area contributed by atoms with Gasteiger partial charge in [-0.1, -0.05) is 61.0 Å². The molecule has 0 amide bonds. The maximum atomic E-state index is 2.50. The van der Waals surface area contributed by atoms with E-state index in [0.29, 0.717) is 15.6 Å². The molecule has 0 spiro atoms. The number of rotatable bonds is 5. The van der Waals surface area contributed by atoms with Crippen molar-refractivity contribution in [3.05, 3.63) is 29.3 Å². The Balaban J connectivity index is 2.38. The summed E-state index contributed by atoms with van der Waals surface area (Å²) < 4.78 is 0.372. The van der Waals surface area contributed by atoms with Crippen molar-refractivity contribution >= 4 is 11.8 Å². The van der Waals surface area contributed by atoms with Crippen molar-refractivity contribution in [3.63, 3.8) is 0 Å². The lowest BCUT2D eigenvalue weighted by Gasteiger charge is -2.42. The van der Waals surface area contributed by atoms with E-state index in [1.165, 1.54) is 37.0 Å². The summed E-state index contributed by atoms with van der Waals surface area (Å²) in [6.07, 6.45) is 6.38. The first-order valence-corrected chi connectivity index (χ1v) is 9.79. The van der Waals surface area contributed by atoms with E-state index in [0.717, 1.165) is 0 Å². The molecule has 0 saturated carbocycles. The third-order valence-electron chi connectivity index (χ3n) is 5.72. The molecule has 0 aliphatic heterocycles. The van der Waals surface area contributed by atoms with Crippen LogP contribution in [-0.2, 0) is 10.8 Å². The Hall–Kier alpha value is -0.430. The number of fused-ring (bicyclic) bond motifs is 1. The molecule has 0 saturated heterocycles. The van der Waals surface area contributed by atoms with E-state index >= 15 is 0 Å². The van der Waals surface area contributed by atoms with Gasteiger partial charge in [-0.3, -0.25) is 0 Å². The zero-order chi connectivity index (χ0) is 16.6. The molecule has 0 bridgehead atoms. The van der Waals surface area contributed by atoms with Crippen LogP contribution in [0.1, 0.15) is 91.7 Å². The smallest absolute Gasteiger partial charge is 0.0176 e. The summed E-state index contributed by atoms with van der Waals surface area (Å²) in [5.74, 6) is 0. The molecule has 0 fully saturated rings. The summed E-state index contributed by atoms with van der Waals surface area (Å²) in [6, 6.07) is 7.29. The van der Waals surface area contributed by atoms with E-state index in [4.69, 9.17) is 0 Å². The quantitative estimate of drug-likeness (QED) is 0.522. The Morgan fingerprint density at radius 1 is 1.00 bits per heavy atom. The Bertz CT molecular complexity index is 527. The van der Waals surface area contributed by atoms with Gasteiger partial charge in [0.15, 0.2) is 0 Å². The zero-order valence-electron chi connectivity index (χ0n) is 15.7. The lowest BCUT2D eigenvalue weighted by Crippen LogP contribution is -2.33. The van der Waals surface area contributed by atoms with Crippen LogP contribution in [0.2, 0.25) is 0 Å². The number of hydrogen-bond donors (Lipinski definition) is 0. The van der Waals surface area contributed by atoms with Crippen molar-refractivity contribution in [1.82, 2.24) is 0 Å². The second kappa shape index (κ2) is 6.23. The summed E-state index contributed by atoms with van der Waals surface area (Å²) in [7, 11) is 0. The van der Waals surface area contributed by atoms with Gasteiger partial charge in [-0.25, -0.2) is 0 Å². The normalized spacial score (nSPS) is 22.0. The number of hydrogen-bond acceptors (Lipinski definition) is 1. The van der Waals surface area contributed by atoms with Crippen molar-refractivity contribution in [3.8, 4) is 0 Å². The van der Waals surface area contributed by atoms with Crippen molar-refractivity contribution in [2.45, 2.75) is 101 Å². The zero-order valence-corrected chi connectivity index (χ0v) is 16.5. The van der Waals surface area contributed by atoms with E-state index < -0.39 is 0 Å². The summed E-state index contributed by atoms with van der Waals surface area (Å²) in [6.45, 7) is 16.7. The maximum Gasteiger partial charge on any atom is 0.0176 e. The van der Waals surface area contributed by atoms with Crippen LogP contribution in [0.5, 0.6) is 0 Å². The molecule has 1 aliphatic carbocycles. The van der Waals surface area contributed by atoms with Gasteiger partial charge in [0.25, 0.3) is 0 Å². The van der Waals surface area contributed by atoms with Gasteiger partial charge in [-0.15, -0.1) is 11.8 Å². The number of thioether (sulfide) groups is 1. The van der Waals surface area contributed by atoms with Crippen LogP contribution in [0.25, 0.3) is 0 Å². The topological polar surface area (TPSA) is 0 Å². The van der Waals surface area contributed by atoms with Crippen LogP contribution < -0.4 is 0 Å². The maximum absolute atomic E-state index is 2.50. The van der Waals surface area contributed by atoms with E-state index in [2.05, 4.69) is 78.4 Å². The summed E-state index contributed by atoms with van der Waals surface area (Å²) in [5, 5.41) is 0. The van der Waals surface area contributed by atoms with Gasteiger partial charge in [0.1, 0.15) is 0 Å². The fourth-order valence-electron chi connectivity index (χ4n) is 3.74. The molecule has 2 rings (SSSR count). The Morgan fingerprint density at radius 2 is 1.59 bits per heavy atom. The third kappa shape index (κ3) is 3.55. The molecule has 1 unspecified atom stereocenters. The standard InChI is InChI=1S/C21H34S/c1-8-12-21(7,9-2)22-16-10-11-17-18(15-16)20(5,6)14-13-19(17,3)4/h10-11,15H,8-9,12-14H2,1-7H3. The lowest BCUT2D eigenvalue weighted by molar-refractivity contribution is 0.331. The fraction of sp³-hybridized carbons (Fsp3) is 0.714. The van der Waals surface area contributed by atoms with Crippen LogP contribution >= 0.6 is 11.8 Å². The van der Waals surface area contributed by atoms with E-state index in [1.54, 1.807) is 11.1 Å². The van der Waals surface area contributed by atoms with Crippen LogP contribution in [0, 0.1) is 0 Å². The molecule has 1 aliphatic rings.